The van der Waals surface area contributed by atoms with Crippen LogP contribution >= 0.6 is 0 Å². The van der Waals surface area contributed by atoms with E-state index >= 15 is 0 Å². The standard InChI is InChI=1S/C14H17F3N2O4/c1-3-22-12(20)7-9(2)18-13(21)10-5-4-6-11(19-10)23-8-14(15,16)17/h4-6,9H,3,7-8H2,1-2H3,(H,18,21). The molecule has 1 unspecified atom stereocenters. The highest BCUT2D eigenvalue weighted by Gasteiger charge is 2.28. The number of nitrogens with one attached hydrogen (secondary N) is 1. The lowest BCUT2D eigenvalue weighted by atomic mass is 10.2. The van der Waals surface area contributed by atoms with E-state index in [1.807, 2.05) is 0 Å². The molecule has 0 saturated heterocycles. The summed E-state index contributed by atoms with van der Waals surface area (Å²) >= 11 is 0. The van der Waals surface area contributed by atoms with Gasteiger partial charge in [0, 0.05) is 12.1 Å². The molecule has 0 fully saturated rings. The SMILES string of the molecule is CCOC(=O)CC(C)NC(=O)c1cccc(OCC(F)(F)F)n1. The molecular weight excluding hydrogens is 317 g/mol. The summed E-state index contributed by atoms with van der Waals surface area (Å²) in [5.74, 6) is -1.40. The number of carbonyl (C=O) groups excluding carboxylic acids is 2. The van der Waals surface area contributed by atoms with Crippen LogP contribution in [0.4, 0.5) is 13.2 Å². The Labute approximate surface area is 131 Å². The molecule has 0 aromatic carbocycles. The topological polar surface area (TPSA) is 77.5 Å². The van der Waals surface area contributed by atoms with Crippen LogP contribution in [-0.2, 0) is 9.53 Å². The molecule has 6 nitrogen and oxygen atoms in total. The number of rotatable bonds is 7. The zero-order valence-corrected chi connectivity index (χ0v) is 12.6. The second-order valence-corrected chi connectivity index (χ2v) is 4.65. The van der Waals surface area contributed by atoms with Crippen molar-refractivity contribution in [3.05, 3.63) is 23.9 Å². The Morgan fingerprint density at radius 1 is 1.35 bits per heavy atom. The Morgan fingerprint density at radius 3 is 2.65 bits per heavy atom. The van der Waals surface area contributed by atoms with E-state index in [9.17, 15) is 22.8 Å². The van der Waals surface area contributed by atoms with Crippen LogP contribution in [0, 0.1) is 0 Å². The average Bonchev–Trinajstić information content (AvgIpc) is 2.44. The highest BCUT2D eigenvalue weighted by atomic mass is 19.4. The van der Waals surface area contributed by atoms with Gasteiger partial charge in [0.25, 0.3) is 5.91 Å². The van der Waals surface area contributed by atoms with Crippen molar-refractivity contribution in [2.24, 2.45) is 0 Å². The smallest absolute Gasteiger partial charge is 0.422 e. The molecule has 1 heterocycles. The lowest BCUT2D eigenvalue weighted by Gasteiger charge is -2.13. The van der Waals surface area contributed by atoms with Crippen molar-refractivity contribution in [1.82, 2.24) is 10.3 Å². The summed E-state index contributed by atoms with van der Waals surface area (Å²) in [5, 5.41) is 2.51. The third kappa shape index (κ3) is 7.48. The Hall–Kier alpha value is -2.32. The average molecular weight is 334 g/mol. The van der Waals surface area contributed by atoms with Crippen LogP contribution in [0.5, 0.6) is 5.88 Å². The molecule has 0 bridgehead atoms. The zero-order chi connectivity index (χ0) is 17.5. The third-order valence-corrected chi connectivity index (χ3v) is 2.50. The summed E-state index contributed by atoms with van der Waals surface area (Å²) in [6, 6.07) is 3.38. The van der Waals surface area contributed by atoms with Gasteiger partial charge in [0.1, 0.15) is 5.69 Å². The fourth-order valence-electron chi connectivity index (χ4n) is 1.60. The summed E-state index contributed by atoms with van der Waals surface area (Å²) in [5.41, 5.74) is -0.111. The number of nitrogens with zero attached hydrogens (tertiary/aromatic N) is 1. The number of halogens is 3. The Morgan fingerprint density at radius 2 is 2.04 bits per heavy atom. The van der Waals surface area contributed by atoms with Crippen molar-refractivity contribution in [3.63, 3.8) is 0 Å². The number of hydrogen-bond donors (Lipinski definition) is 1. The molecule has 128 valence electrons. The lowest BCUT2D eigenvalue weighted by molar-refractivity contribution is -0.154. The van der Waals surface area contributed by atoms with Gasteiger partial charge in [-0.15, -0.1) is 0 Å². The third-order valence-electron chi connectivity index (χ3n) is 2.50. The minimum Gasteiger partial charge on any atom is -0.468 e. The number of amides is 1. The minimum atomic E-state index is -4.49. The molecule has 0 aliphatic heterocycles. The quantitative estimate of drug-likeness (QED) is 0.773. The molecule has 1 atom stereocenters. The van der Waals surface area contributed by atoms with E-state index in [-0.39, 0.29) is 24.6 Å². The molecule has 0 aliphatic carbocycles. The lowest BCUT2D eigenvalue weighted by Crippen LogP contribution is -2.35. The van der Waals surface area contributed by atoms with Crippen molar-refractivity contribution in [2.45, 2.75) is 32.5 Å². The molecule has 0 spiro atoms. The number of alkyl halides is 3. The number of hydrogen-bond acceptors (Lipinski definition) is 5. The molecule has 1 rings (SSSR count). The first-order chi connectivity index (χ1) is 10.7. The van der Waals surface area contributed by atoms with Gasteiger partial charge in [-0.3, -0.25) is 9.59 Å². The molecule has 1 N–H and O–H groups in total. The number of carbonyl (C=O) groups is 2. The van der Waals surface area contributed by atoms with E-state index in [0.29, 0.717) is 0 Å². The zero-order valence-electron chi connectivity index (χ0n) is 12.6. The van der Waals surface area contributed by atoms with E-state index in [2.05, 4.69) is 15.0 Å². The first-order valence-electron chi connectivity index (χ1n) is 6.84. The second-order valence-electron chi connectivity index (χ2n) is 4.65. The molecule has 0 aliphatic rings. The molecule has 0 saturated carbocycles. The van der Waals surface area contributed by atoms with Crippen molar-refractivity contribution in [1.29, 1.82) is 0 Å². The van der Waals surface area contributed by atoms with Gasteiger partial charge in [-0.25, -0.2) is 4.98 Å². The normalized spacial score (nSPS) is 12.4. The van der Waals surface area contributed by atoms with E-state index in [1.54, 1.807) is 13.8 Å². The maximum Gasteiger partial charge on any atom is 0.422 e. The molecule has 0 radical (unpaired) electrons. The largest absolute Gasteiger partial charge is 0.468 e. The molecular formula is C14H17F3N2O4. The van der Waals surface area contributed by atoms with E-state index in [1.165, 1.54) is 18.2 Å². The van der Waals surface area contributed by atoms with Crippen LogP contribution < -0.4 is 10.1 Å². The summed E-state index contributed by atoms with van der Waals surface area (Å²) < 4.78 is 45.5. The molecule has 1 aromatic heterocycles. The van der Waals surface area contributed by atoms with Gasteiger partial charge in [0.2, 0.25) is 5.88 Å². The Balaban J connectivity index is 2.60. The fraction of sp³-hybridized carbons (Fsp3) is 0.500. The first kappa shape index (κ1) is 18.7. The van der Waals surface area contributed by atoms with Gasteiger partial charge in [-0.1, -0.05) is 6.07 Å². The predicted octanol–water partition coefficient (Wildman–Crippen LogP) is 2.09. The predicted molar refractivity (Wildman–Crippen MR) is 74.0 cm³/mol. The van der Waals surface area contributed by atoms with Crippen LogP contribution in [0.3, 0.4) is 0 Å². The van der Waals surface area contributed by atoms with E-state index < -0.39 is 30.7 Å². The highest BCUT2D eigenvalue weighted by molar-refractivity contribution is 5.92. The maximum atomic E-state index is 12.1. The van der Waals surface area contributed by atoms with Gasteiger partial charge in [-0.05, 0) is 19.9 Å². The van der Waals surface area contributed by atoms with E-state index in [0.717, 1.165) is 0 Å². The van der Waals surface area contributed by atoms with Crippen LogP contribution in [-0.4, -0.2) is 42.3 Å². The first-order valence-corrected chi connectivity index (χ1v) is 6.84. The Bertz CT molecular complexity index is 549. The van der Waals surface area contributed by atoms with Gasteiger partial charge in [0.05, 0.1) is 13.0 Å². The van der Waals surface area contributed by atoms with Crippen LogP contribution in [0.25, 0.3) is 0 Å². The minimum absolute atomic E-state index is 0.0240. The number of pyridine rings is 1. The van der Waals surface area contributed by atoms with Crippen molar-refractivity contribution in [2.75, 3.05) is 13.2 Å². The molecule has 1 amide bonds. The monoisotopic (exact) mass is 334 g/mol. The number of ether oxygens (including phenoxy) is 2. The second kappa shape index (κ2) is 8.35. The maximum absolute atomic E-state index is 12.1. The molecule has 23 heavy (non-hydrogen) atoms. The van der Waals surface area contributed by atoms with Gasteiger partial charge in [-0.2, -0.15) is 13.2 Å². The summed E-state index contributed by atoms with van der Waals surface area (Å²) in [6.45, 7) is 2.00. The summed E-state index contributed by atoms with van der Waals surface area (Å²) in [6.07, 6.45) is -4.52. The summed E-state index contributed by atoms with van der Waals surface area (Å²) in [7, 11) is 0. The molecule has 1 aromatic rings. The van der Waals surface area contributed by atoms with E-state index in [4.69, 9.17) is 4.74 Å². The van der Waals surface area contributed by atoms with Crippen molar-refractivity contribution < 1.29 is 32.2 Å². The van der Waals surface area contributed by atoms with Crippen molar-refractivity contribution >= 4 is 11.9 Å². The number of esters is 1. The Kier molecular flexibility index (Phi) is 6.80. The fourth-order valence-corrected chi connectivity index (χ4v) is 1.60. The van der Waals surface area contributed by atoms with Crippen molar-refractivity contribution in [3.8, 4) is 5.88 Å². The van der Waals surface area contributed by atoms with Gasteiger partial charge in [0.15, 0.2) is 6.61 Å². The van der Waals surface area contributed by atoms with Gasteiger partial charge >= 0.3 is 12.1 Å². The van der Waals surface area contributed by atoms with Crippen LogP contribution in [0.1, 0.15) is 30.8 Å². The van der Waals surface area contributed by atoms with Crippen LogP contribution in [0.15, 0.2) is 18.2 Å². The summed E-state index contributed by atoms with van der Waals surface area (Å²) in [4.78, 5) is 26.9. The highest BCUT2D eigenvalue weighted by Crippen LogP contribution is 2.17. The molecule has 9 heteroatoms. The van der Waals surface area contributed by atoms with Gasteiger partial charge < -0.3 is 14.8 Å². The van der Waals surface area contributed by atoms with Crippen LogP contribution in [0.2, 0.25) is 0 Å². The number of aromatic nitrogens is 1.